The summed E-state index contributed by atoms with van der Waals surface area (Å²) >= 11 is 1.53. The van der Waals surface area contributed by atoms with Crippen LogP contribution < -0.4 is 16.6 Å². The van der Waals surface area contributed by atoms with Crippen LogP contribution >= 0.6 is 11.3 Å². The fourth-order valence-corrected chi connectivity index (χ4v) is 2.07. The zero-order valence-corrected chi connectivity index (χ0v) is 10.6. The van der Waals surface area contributed by atoms with Crippen LogP contribution in [0.15, 0.2) is 17.9 Å². The molecule has 0 saturated carbocycles. The molecule has 0 aliphatic rings. The van der Waals surface area contributed by atoms with Gasteiger partial charge >= 0.3 is 5.69 Å². The maximum atomic E-state index is 11.0. The number of hydrazine groups is 1. The van der Waals surface area contributed by atoms with Crippen LogP contribution in [0.3, 0.4) is 0 Å². The molecule has 0 radical (unpaired) electrons. The van der Waals surface area contributed by atoms with E-state index in [1.54, 1.807) is 6.20 Å². The normalized spacial score (nSPS) is 10.2. The van der Waals surface area contributed by atoms with Crippen molar-refractivity contribution in [1.82, 2.24) is 15.0 Å². The van der Waals surface area contributed by atoms with Crippen molar-refractivity contribution in [1.29, 1.82) is 0 Å². The van der Waals surface area contributed by atoms with Crippen LogP contribution in [0.5, 0.6) is 0 Å². The summed E-state index contributed by atoms with van der Waals surface area (Å²) in [6.07, 6.45) is 3.57. The Hall–Kier alpha value is -2.33. The molecule has 2 heterocycles. The summed E-state index contributed by atoms with van der Waals surface area (Å²) in [7, 11) is 0. The molecule has 2 aromatic heterocycles. The standard InChI is InChI=1S/C9H11N7O2S/c10-15-9-7(16(17)18)8(13-5-14-9)12-2-1-6-11-3-4-19-6/h3-5H,1-2,10H2,(H2,12,13,14,15). The number of nitrogens with zero attached hydrogens (tertiary/aromatic N) is 4. The molecule has 0 aliphatic carbocycles. The highest BCUT2D eigenvalue weighted by Gasteiger charge is 2.21. The van der Waals surface area contributed by atoms with E-state index in [1.807, 2.05) is 5.38 Å². The van der Waals surface area contributed by atoms with Crippen molar-refractivity contribution in [2.75, 3.05) is 17.3 Å². The zero-order valence-electron chi connectivity index (χ0n) is 9.74. The Labute approximate surface area is 112 Å². The molecular weight excluding hydrogens is 270 g/mol. The van der Waals surface area contributed by atoms with Crippen molar-refractivity contribution in [2.45, 2.75) is 6.42 Å². The first-order valence-electron chi connectivity index (χ1n) is 5.30. The van der Waals surface area contributed by atoms with Gasteiger partial charge < -0.3 is 10.7 Å². The van der Waals surface area contributed by atoms with E-state index in [1.165, 1.54) is 17.7 Å². The van der Waals surface area contributed by atoms with Crippen LogP contribution in [-0.2, 0) is 6.42 Å². The van der Waals surface area contributed by atoms with E-state index in [-0.39, 0.29) is 17.3 Å². The Bertz CT molecular complexity index is 560. The minimum atomic E-state index is -0.582. The predicted molar refractivity (Wildman–Crippen MR) is 70.8 cm³/mol. The third-order valence-corrected chi connectivity index (χ3v) is 3.10. The number of nitro groups is 1. The molecule has 0 unspecified atom stereocenters. The van der Waals surface area contributed by atoms with Gasteiger partial charge in [-0.15, -0.1) is 11.3 Å². The average Bonchev–Trinajstić information content (AvgIpc) is 2.91. The highest BCUT2D eigenvalue weighted by atomic mass is 32.1. The number of nitrogens with two attached hydrogens (primary N) is 1. The van der Waals surface area contributed by atoms with Crippen LogP contribution in [0.2, 0.25) is 0 Å². The number of aromatic nitrogens is 3. The van der Waals surface area contributed by atoms with Gasteiger partial charge in [0.15, 0.2) is 0 Å². The van der Waals surface area contributed by atoms with E-state index in [0.29, 0.717) is 13.0 Å². The quantitative estimate of drug-likeness (QED) is 0.402. The lowest BCUT2D eigenvalue weighted by Crippen LogP contribution is -2.14. The molecule has 0 spiro atoms. The summed E-state index contributed by atoms with van der Waals surface area (Å²) in [6, 6.07) is 0. The van der Waals surface area contributed by atoms with E-state index < -0.39 is 4.92 Å². The minimum absolute atomic E-state index is 0.0308. The van der Waals surface area contributed by atoms with E-state index in [4.69, 9.17) is 5.84 Å². The highest BCUT2D eigenvalue weighted by molar-refractivity contribution is 7.09. The largest absolute Gasteiger partial charge is 0.364 e. The molecular formula is C9H11N7O2S. The van der Waals surface area contributed by atoms with Gasteiger partial charge in [0, 0.05) is 24.5 Å². The lowest BCUT2D eigenvalue weighted by Gasteiger charge is -2.07. The van der Waals surface area contributed by atoms with Gasteiger partial charge in [0.25, 0.3) is 0 Å². The number of hydrogen-bond acceptors (Lipinski definition) is 9. The Morgan fingerprint density at radius 2 is 2.16 bits per heavy atom. The van der Waals surface area contributed by atoms with Gasteiger partial charge in [-0.2, -0.15) is 0 Å². The van der Waals surface area contributed by atoms with Gasteiger partial charge in [-0.05, 0) is 0 Å². The molecule has 4 N–H and O–H groups in total. The molecule has 0 fully saturated rings. The second-order valence-corrected chi connectivity index (χ2v) is 4.40. The Morgan fingerprint density at radius 3 is 2.79 bits per heavy atom. The molecule has 9 nitrogen and oxygen atoms in total. The molecule has 100 valence electrons. The number of nitrogens with one attached hydrogen (secondary N) is 2. The molecule has 0 bridgehead atoms. The number of anilines is 2. The predicted octanol–water partition coefficient (Wildman–Crippen LogP) is 0.781. The molecule has 2 rings (SSSR count). The number of rotatable bonds is 6. The monoisotopic (exact) mass is 281 g/mol. The summed E-state index contributed by atoms with van der Waals surface area (Å²) in [5, 5.41) is 16.7. The molecule has 19 heavy (non-hydrogen) atoms. The first-order chi connectivity index (χ1) is 9.22. The molecule has 0 atom stereocenters. The second kappa shape index (κ2) is 6.02. The summed E-state index contributed by atoms with van der Waals surface area (Å²) < 4.78 is 0. The van der Waals surface area contributed by atoms with E-state index in [0.717, 1.165) is 5.01 Å². The van der Waals surface area contributed by atoms with Gasteiger partial charge in [0.1, 0.15) is 6.33 Å². The summed E-state index contributed by atoms with van der Waals surface area (Å²) in [6.45, 7) is 0.482. The van der Waals surface area contributed by atoms with Crippen LogP contribution in [0.1, 0.15) is 5.01 Å². The third-order valence-electron chi connectivity index (χ3n) is 2.26. The smallest absolute Gasteiger partial charge is 0.354 e. The zero-order chi connectivity index (χ0) is 13.7. The Balaban J connectivity index is 2.09. The maximum absolute atomic E-state index is 11.0. The number of hydrogen-bond donors (Lipinski definition) is 3. The van der Waals surface area contributed by atoms with Crippen LogP contribution in [0.25, 0.3) is 0 Å². The van der Waals surface area contributed by atoms with Crippen molar-refractivity contribution in [2.24, 2.45) is 5.84 Å². The van der Waals surface area contributed by atoms with Crippen LogP contribution in [0.4, 0.5) is 17.3 Å². The highest BCUT2D eigenvalue weighted by Crippen LogP contribution is 2.27. The van der Waals surface area contributed by atoms with Gasteiger partial charge in [0.2, 0.25) is 11.6 Å². The van der Waals surface area contributed by atoms with E-state index in [2.05, 4.69) is 25.7 Å². The number of nitrogen functional groups attached to an aromatic ring is 1. The SMILES string of the molecule is NNc1ncnc(NCCc2nccs2)c1[N+](=O)[O-]. The summed E-state index contributed by atoms with van der Waals surface area (Å²) in [5.74, 6) is 5.28. The molecule has 0 amide bonds. The molecule has 2 aromatic rings. The topological polar surface area (TPSA) is 132 Å². The van der Waals surface area contributed by atoms with Crippen LogP contribution in [0, 0.1) is 10.1 Å². The third kappa shape index (κ3) is 3.11. The summed E-state index contributed by atoms with van der Waals surface area (Å²) in [5.41, 5.74) is 1.90. The fourth-order valence-electron chi connectivity index (χ4n) is 1.45. The van der Waals surface area contributed by atoms with E-state index >= 15 is 0 Å². The lowest BCUT2D eigenvalue weighted by atomic mass is 10.4. The van der Waals surface area contributed by atoms with Gasteiger partial charge in [-0.3, -0.25) is 10.1 Å². The first kappa shape index (κ1) is 13.1. The molecule has 0 saturated heterocycles. The maximum Gasteiger partial charge on any atom is 0.354 e. The van der Waals surface area contributed by atoms with Crippen LogP contribution in [-0.4, -0.2) is 26.4 Å². The molecule has 10 heteroatoms. The van der Waals surface area contributed by atoms with Gasteiger partial charge in [-0.1, -0.05) is 0 Å². The van der Waals surface area contributed by atoms with E-state index in [9.17, 15) is 10.1 Å². The fraction of sp³-hybridized carbons (Fsp3) is 0.222. The van der Waals surface area contributed by atoms with Gasteiger partial charge in [-0.25, -0.2) is 20.8 Å². The van der Waals surface area contributed by atoms with Crippen molar-refractivity contribution < 1.29 is 4.92 Å². The van der Waals surface area contributed by atoms with Crippen molar-refractivity contribution in [3.63, 3.8) is 0 Å². The molecule has 0 aromatic carbocycles. The molecule has 0 aliphatic heterocycles. The average molecular weight is 281 g/mol. The van der Waals surface area contributed by atoms with Crippen molar-refractivity contribution >= 4 is 28.7 Å². The minimum Gasteiger partial charge on any atom is -0.364 e. The lowest BCUT2D eigenvalue weighted by molar-refractivity contribution is -0.383. The first-order valence-corrected chi connectivity index (χ1v) is 6.18. The Morgan fingerprint density at radius 1 is 1.37 bits per heavy atom. The Kier molecular flexibility index (Phi) is 4.15. The van der Waals surface area contributed by atoms with Gasteiger partial charge in [0.05, 0.1) is 9.93 Å². The van der Waals surface area contributed by atoms with Crippen molar-refractivity contribution in [3.8, 4) is 0 Å². The number of thiazole rings is 1. The summed E-state index contributed by atoms with van der Waals surface area (Å²) in [4.78, 5) is 22.1. The second-order valence-electron chi connectivity index (χ2n) is 3.42. The van der Waals surface area contributed by atoms with Crippen molar-refractivity contribution in [3.05, 3.63) is 33.0 Å².